The quantitative estimate of drug-likeness (QED) is 0.501. The summed E-state index contributed by atoms with van der Waals surface area (Å²) < 4.78 is 0. The lowest BCUT2D eigenvalue weighted by atomic mass is 9.86. The van der Waals surface area contributed by atoms with E-state index in [1.807, 2.05) is 0 Å². The predicted octanol–water partition coefficient (Wildman–Crippen LogP) is 5.29. The minimum Gasteiger partial charge on any atom is -0.390 e. The zero-order valence-electron chi connectivity index (χ0n) is 19.5. The third-order valence-electron chi connectivity index (χ3n) is 7.36. The van der Waals surface area contributed by atoms with E-state index in [1.165, 1.54) is 89.5 Å². The van der Waals surface area contributed by atoms with E-state index < -0.39 is 0 Å². The van der Waals surface area contributed by atoms with Crippen molar-refractivity contribution in [1.82, 2.24) is 9.80 Å². The van der Waals surface area contributed by atoms with Gasteiger partial charge in [0.05, 0.1) is 6.34 Å². The molecule has 4 rings (SSSR count). The first-order valence-electron chi connectivity index (χ1n) is 12.2. The molecule has 2 aliphatic heterocycles. The highest BCUT2D eigenvalue weighted by Gasteiger charge is 2.27. The molecule has 4 heteroatoms. The van der Waals surface area contributed by atoms with E-state index in [1.54, 1.807) is 22.3 Å². The first kappa shape index (κ1) is 23.7. The largest absolute Gasteiger partial charge is 0.390 e. The lowest BCUT2D eigenvalue weighted by molar-refractivity contribution is 0.0976. The number of nitrogens with two attached hydrogens (primary N) is 1. The third-order valence-corrected chi connectivity index (χ3v) is 7.36. The predicted molar refractivity (Wildman–Crippen MR) is 133 cm³/mol. The summed E-state index contributed by atoms with van der Waals surface area (Å²) in [6.07, 6.45) is 12.4. The van der Waals surface area contributed by atoms with Gasteiger partial charge in [-0.2, -0.15) is 0 Å². The van der Waals surface area contributed by atoms with Crippen LogP contribution in [0.1, 0.15) is 69.4 Å². The minimum absolute atomic E-state index is 0.750. The van der Waals surface area contributed by atoms with Gasteiger partial charge in [0.15, 0.2) is 0 Å². The second-order valence-corrected chi connectivity index (χ2v) is 9.40. The first-order chi connectivity index (χ1) is 15.1. The van der Waals surface area contributed by atoms with Crippen molar-refractivity contribution >= 4 is 6.34 Å². The molecule has 2 heterocycles. The topological polar surface area (TPSA) is 56.4 Å². The monoisotopic (exact) mass is 422 g/mol. The van der Waals surface area contributed by atoms with Crippen LogP contribution in [0.4, 0.5) is 0 Å². The van der Waals surface area contributed by atoms with E-state index >= 15 is 0 Å². The molecule has 0 unspecified atom stereocenters. The van der Waals surface area contributed by atoms with Crippen LogP contribution in [-0.4, -0.2) is 48.4 Å². The number of nitrogens with one attached hydrogen (secondary N) is 1. The summed E-state index contributed by atoms with van der Waals surface area (Å²) in [4.78, 5) is 5.46. The Kier molecular flexibility index (Phi) is 9.35. The fraction of sp³-hybridized carbons (Fsp3) is 0.593. The van der Waals surface area contributed by atoms with Crippen molar-refractivity contribution in [3.8, 4) is 0 Å². The Labute approximate surface area is 189 Å². The van der Waals surface area contributed by atoms with E-state index in [0.29, 0.717) is 0 Å². The molecule has 0 amide bonds. The smallest absolute Gasteiger partial charge is 0.0765 e. The van der Waals surface area contributed by atoms with E-state index in [4.69, 9.17) is 5.41 Å². The summed E-state index contributed by atoms with van der Waals surface area (Å²) in [5.74, 6) is 0. The van der Waals surface area contributed by atoms with E-state index in [9.17, 15) is 0 Å². The van der Waals surface area contributed by atoms with Crippen molar-refractivity contribution in [3.05, 3.63) is 58.7 Å². The van der Waals surface area contributed by atoms with Gasteiger partial charge in [-0.1, -0.05) is 42.0 Å². The number of hydrogen-bond donors (Lipinski definition) is 2. The number of allylic oxidation sites excluding steroid dienone is 3. The number of fused-ring (bicyclic) bond motifs is 1. The number of likely N-dealkylation sites (tertiary alicyclic amines) is 1. The van der Waals surface area contributed by atoms with Crippen LogP contribution in [0.25, 0.3) is 0 Å². The molecular weight excluding hydrogens is 380 g/mol. The maximum atomic E-state index is 5.86. The zero-order chi connectivity index (χ0) is 22.1. The van der Waals surface area contributed by atoms with Crippen molar-refractivity contribution in [2.75, 3.05) is 26.2 Å². The van der Waals surface area contributed by atoms with Crippen molar-refractivity contribution in [1.29, 1.82) is 5.41 Å². The maximum absolute atomic E-state index is 5.86. The van der Waals surface area contributed by atoms with Gasteiger partial charge in [-0.05, 0) is 101 Å². The number of rotatable bonds is 5. The molecule has 170 valence electrons. The minimum atomic E-state index is 0.750. The van der Waals surface area contributed by atoms with Crippen molar-refractivity contribution < 1.29 is 0 Å². The maximum Gasteiger partial charge on any atom is 0.0765 e. The van der Waals surface area contributed by atoms with Crippen molar-refractivity contribution in [2.24, 2.45) is 5.73 Å². The Hall–Kier alpha value is -1.91. The fourth-order valence-electron chi connectivity index (χ4n) is 5.54. The lowest BCUT2D eigenvalue weighted by Crippen LogP contribution is -2.46. The average Bonchev–Trinajstić information content (AvgIpc) is 2.80. The molecule has 0 atom stereocenters. The summed E-state index contributed by atoms with van der Waals surface area (Å²) in [6, 6.07) is 9.82. The van der Waals surface area contributed by atoms with E-state index in [0.717, 1.165) is 18.9 Å². The van der Waals surface area contributed by atoms with E-state index in [-0.39, 0.29) is 0 Å². The molecule has 4 nitrogen and oxygen atoms in total. The van der Waals surface area contributed by atoms with Gasteiger partial charge in [0.1, 0.15) is 0 Å². The fourth-order valence-corrected chi connectivity index (χ4v) is 5.54. The first-order valence-corrected chi connectivity index (χ1v) is 12.2. The van der Waals surface area contributed by atoms with Crippen LogP contribution in [0.15, 0.2) is 47.6 Å². The average molecular weight is 423 g/mol. The van der Waals surface area contributed by atoms with Crippen LogP contribution in [-0.2, 0) is 13.0 Å². The molecule has 3 N–H and O–H groups in total. The Balaban J connectivity index is 0.000000858. The Morgan fingerprint density at radius 1 is 1.10 bits per heavy atom. The third kappa shape index (κ3) is 6.78. The van der Waals surface area contributed by atoms with Crippen LogP contribution in [0, 0.1) is 5.41 Å². The van der Waals surface area contributed by atoms with Gasteiger partial charge < -0.3 is 10.6 Å². The molecule has 1 aliphatic carbocycles. The van der Waals surface area contributed by atoms with Gasteiger partial charge in [-0.15, -0.1) is 0 Å². The molecule has 3 aliphatic rings. The molecule has 1 aromatic carbocycles. The summed E-state index contributed by atoms with van der Waals surface area (Å²) in [7, 11) is 0. The van der Waals surface area contributed by atoms with Gasteiger partial charge in [0.2, 0.25) is 0 Å². The number of piperidine rings is 1. The zero-order valence-corrected chi connectivity index (χ0v) is 19.5. The Bertz CT molecular complexity index is 758. The summed E-state index contributed by atoms with van der Waals surface area (Å²) in [6.45, 7) is 12.9. The normalized spacial score (nSPS) is 22.3. The van der Waals surface area contributed by atoms with Crippen LogP contribution in [0.3, 0.4) is 0 Å². The molecule has 0 aromatic heterocycles. The van der Waals surface area contributed by atoms with Crippen molar-refractivity contribution in [3.63, 3.8) is 0 Å². The molecule has 31 heavy (non-hydrogen) atoms. The molecule has 1 aromatic rings. The molecule has 0 spiro atoms. The molecule has 1 saturated carbocycles. The number of nitrogens with zero attached hydrogens (tertiary/aromatic N) is 2. The van der Waals surface area contributed by atoms with Crippen LogP contribution >= 0.6 is 0 Å². The van der Waals surface area contributed by atoms with Gasteiger partial charge >= 0.3 is 0 Å². The molecule has 1 saturated heterocycles. The standard InChI is InChI=1S/C26H38N2.CH4N2/c1-21-8-3-6-12-26(21)22(2)9-7-16-27-17-14-25(15-18-27)28-19-13-23-10-4-5-11-24(23)20-28;2-1-3/h4-5,10-11,25H,1,3,6-9,12-20H2,2H3;1H,(H3,2,3)/b26-22+;. The second-order valence-electron chi connectivity index (χ2n) is 9.40. The second kappa shape index (κ2) is 12.2. The molecule has 2 fully saturated rings. The highest BCUT2D eigenvalue weighted by atomic mass is 15.2. The Morgan fingerprint density at radius 2 is 1.77 bits per heavy atom. The summed E-state index contributed by atoms with van der Waals surface area (Å²) in [5, 5.41) is 5.86. The number of hydrogen-bond acceptors (Lipinski definition) is 3. The SMILES string of the molecule is C=C1CCCC/C1=C(/C)CCCN1CCC(N2CCc3ccccc3C2)CC1.N=CN. The molecule has 0 radical (unpaired) electrons. The van der Waals surface area contributed by atoms with Crippen LogP contribution < -0.4 is 5.73 Å². The van der Waals surface area contributed by atoms with Crippen LogP contribution in [0.2, 0.25) is 0 Å². The Morgan fingerprint density at radius 3 is 2.48 bits per heavy atom. The van der Waals surface area contributed by atoms with Gasteiger partial charge in [0, 0.05) is 19.1 Å². The molecule has 0 bridgehead atoms. The lowest BCUT2D eigenvalue weighted by Gasteiger charge is -2.40. The molecular formula is C27H42N4. The van der Waals surface area contributed by atoms with E-state index in [2.05, 4.69) is 53.3 Å². The highest BCUT2D eigenvalue weighted by molar-refractivity contribution is 5.46. The summed E-state index contributed by atoms with van der Waals surface area (Å²) in [5.41, 5.74) is 12.2. The number of benzene rings is 1. The van der Waals surface area contributed by atoms with Gasteiger partial charge in [-0.25, -0.2) is 0 Å². The van der Waals surface area contributed by atoms with Crippen molar-refractivity contribution in [2.45, 2.75) is 77.3 Å². The summed E-state index contributed by atoms with van der Waals surface area (Å²) >= 11 is 0. The highest BCUT2D eigenvalue weighted by Crippen LogP contribution is 2.31. The van der Waals surface area contributed by atoms with Gasteiger partial charge in [0.25, 0.3) is 0 Å². The van der Waals surface area contributed by atoms with Gasteiger partial charge in [-0.3, -0.25) is 10.3 Å². The van der Waals surface area contributed by atoms with Crippen LogP contribution in [0.5, 0.6) is 0 Å².